The zero-order valence-corrected chi connectivity index (χ0v) is 10.7. The summed E-state index contributed by atoms with van der Waals surface area (Å²) in [5.74, 6) is 1.15. The molecule has 1 N–H and O–H groups in total. The number of rotatable bonds is 3. The first-order valence-electron chi connectivity index (χ1n) is 5.67. The molecule has 0 fully saturated rings. The molecule has 3 aromatic rings. The lowest BCUT2D eigenvalue weighted by molar-refractivity contribution is 0.493. The van der Waals surface area contributed by atoms with Gasteiger partial charge in [0.25, 0.3) is 0 Å². The fraction of sp³-hybridized carbons (Fsp3) is 0.0769. The molecular formula is C13H10FN3OS. The number of halogens is 1. The predicted octanol–water partition coefficient (Wildman–Crippen LogP) is 3.39. The van der Waals surface area contributed by atoms with Gasteiger partial charge in [-0.1, -0.05) is 0 Å². The standard InChI is InChI=1S/C13H10FN3OS/c14-10-5-3-9(4-6-10)12-15-16-13(19)17(12)8-11-2-1-7-18-11/h1-7H,8H2,(H,16,19). The third-order valence-electron chi connectivity index (χ3n) is 2.75. The molecule has 0 aliphatic heterocycles. The summed E-state index contributed by atoms with van der Waals surface area (Å²) in [6.07, 6.45) is 1.61. The molecule has 4 nitrogen and oxygen atoms in total. The first-order valence-corrected chi connectivity index (χ1v) is 6.08. The van der Waals surface area contributed by atoms with Crippen molar-refractivity contribution in [2.24, 2.45) is 0 Å². The lowest BCUT2D eigenvalue weighted by atomic mass is 10.2. The van der Waals surface area contributed by atoms with E-state index < -0.39 is 0 Å². The molecule has 2 aromatic heterocycles. The van der Waals surface area contributed by atoms with E-state index in [0.717, 1.165) is 11.3 Å². The second kappa shape index (κ2) is 4.81. The van der Waals surface area contributed by atoms with Crippen LogP contribution < -0.4 is 0 Å². The Morgan fingerprint density at radius 3 is 2.74 bits per heavy atom. The Labute approximate surface area is 113 Å². The Morgan fingerprint density at radius 2 is 2.05 bits per heavy atom. The molecule has 19 heavy (non-hydrogen) atoms. The van der Waals surface area contributed by atoms with Crippen molar-refractivity contribution in [2.45, 2.75) is 6.54 Å². The molecule has 0 aliphatic rings. The topological polar surface area (TPSA) is 46.8 Å². The molecule has 6 heteroatoms. The SMILES string of the molecule is Fc1ccc(-c2n[nH]c(=S)n2Cc2ccco2)cc1. The minimum atomic E-state index is -0.282. The molecule has 3 rings (SSSR count). The van der Waals surface area contributed by atoms with Crippen LogP contribution in [-0.4, -0.2) is 14.8 Å². The summed E-state index contributed by atoms with van der Waals surface area (Å²) in [5, 5.41) is 6.92. The zero-order valence-electron chi connectivity index (χ0n) is 9.84. The third kappa shape index (κ3) is 2.34. The van der Waals surface area contributed by atoms with E-state index in [0.29, 0.717) is 17.1 Å². The van der Waals surface area contributed by atoms with Crippen LogP contribution in [0.15, 0.2) is 47.1 Å². The number of H-pyrrole nitrogens is 1. The molecule has 1 aromatic carbocycles. The van der Waals surface area contributed by atoms with Gasteiger partial charge >= 0.3 is 0 Å². The summed E-state index contributed by atoms with van der Waals surface area (Å²) in [6.45, 7) is 0.481. The van der Waals surface area contributed by atoms with Crippen LogP contribution in [0.3, 0.4) is 0 Å². The number of nitrogens with zero attached hydrogens (tertiary/aromatic N) is 2. The van der Waals surface area contributed by atoms with E-state index >= 15 is 0 Å². The van der Waals surface area contributed by atoms with Crippen molar-refractivity contribution in [3.63, 3.8) is 0 Å². The summed E-state index contributed by atoms with van der Waals surface area (Å²) in [5.41, 5.74) is 0.792. The minimum absolute atomic E-state index is 0.282. The minimum Gasteiger partial charge on any atom is -0.467 e. The molecule has 0 saturated carbocycles. The highest BCUT2D eigenvalue weighted by Gasteiger charge is 2.10. The number of aromatic nitrogens is 3. The highest BCUT2D eigenvalue weighted by atomic mass is 32.1. The fourth-order valence-electron chi connectivity index (χ4n) is 1.84. The van der Waals surface area contributed by atoms with Crippen molar-refractivity contribution in [1.82, 2.24) is 14.8 Å². The summed E-state index contributed by atoms with van der Waals surface area (Å²) < 4.78 is 20.5. The van der Waals surface area contributed by atoms with Crippen molar-refractivity contribution in [1.29, 1.82) is 0 Å². The van der Waals surface area contributed by atoms with Crippen LogP contribution in [-0.2, 0) is 6.54 Å². The van der Waals surface area contributed by atoms with Gasteiger partial charge in [0, 0.05) is 5.56 Å². The molecule has 0 spiro atoms. The van der Waals surface area contributed by atoms with Crippen LogP contribution in [0.5, 0.6) is 0 Å². The molecule has 0 aliphatic carbocycles. The molecule has 0 radical (unpaired) electrons. The van der Waals surface area contributed by atoms with Crippen molar-refractivity contribution < 1.29 is 8.81 Å². The highest BCUT2D eigenvalue weighted by molar-refractivity contribution is 7.71. The van der Waals surface area contributed by atoms with Crippen molar-refractivity contribution in [3.8, 4) is 11.4 Å². The number of aromatic amines is 1. The van der Waals surface area contributed by atoms with E-state index in [9.17, 15) is 4.39 Å². The smallest absolute Gasteiger partial charge is 0.195 e. The summed E-state index contributed by atoms with van der Waals surface area (Å²) in [6, 6.07) is 9.80. The highest BCUT2D eigenvalue weighted by Crippen LogP contribution is 2.19. The quantitative estimate of drug-likeness (QED) is 0.745. The van der Waals surface area contributed by atoms with Gasteiger partial charge in [0.15, 0.2) is 10.6 Å². The summed E-state index contributed by atoms with van der Waals surface area (Å²) in [4.78, 5) is 0. The van der Waals surface area contributed by atoms with Gasteiger partial charge in [-0.3, -0.25) is 9.67 Å². The van der Waals surface area contributed by atoms with E-state index in [4.69, 9.17) is 16.6 Å². The van der Waals surface area contributed by atoms with Crippen molar-refractivity contribution >= 4 is 12.2 Å². The summed E-state index contributed by atoms with van der Waals surface area (Å²) >= 11 is 5.20. The van der Waals surface area contributed by atoms with Crippen LogP contribution in [0.4, 0.5) is 4.39 Å². The first-order chi connectivity index (χ1) is 9.24. The predicted molar refractivity (Wildman–Crippen MR) is 70.6 cm³/mol. The molecule has 0 amide bonds. The van der Waals surface area contributed by atoms with Gasteiger partial charge in [-0.05, 0) is 48.6 Å². The van der Waals surface area contributed by atoms with Gasteiger partial charge in [-0.25, -0.2) is 4.39 Å². The molecule has 2 heterocycles. The number of nitrogens with one attached hydrogen (secondary N) is 1. The number of benzene rings is 1. The van der Waals surface area contributed by atoms with Crippen molar-refractivity contribution in [2.75, 3.05) is 0 Å². The van der Waals surface area contributed by atoms with Gasteiger partial charge < -0.3 is 4.42 Å². The van der Waals surface area contributed by atoms with E-state index in [1.165, 1.54) is 12.1 Å². The van der Waals surface area contributed by atoms with E-state index in [1.807, 2.05) is 12.1 Å². The Balaban J connectivity index is 2.03. The Hall–Kier alpha value is -2.21. The molecule has 0 atom stereocenters. The second-order valence-electron chi connectivity index (χ2n) is 4.02. The van der Waals surface area contributed by atoms with Crippen molar-refractivity contribution in [3.05, 3.63) is 59.0 Å². The first kappa shape index (κ1) is 11.9. The van der Waals surface area contributed by atoms with Gasteiger partial charge in [0.05, 0.1) is 12.8 Å². The van der Waals surface area contributed by atoms with Gasteiger partial charge in [-0.2, -0.15) is 5.10 Å². The maximum Gasteiger partial charge on any atom is 0.195 e. The van der Waals surface area contributed by atoms with Gasteiger partial charge in [-0.15, -0.1) is 0 Å². The van der Waals surface area contributed by atoms with E-state index in [2.05, 4.69) is 10.2 Å². The van der Waals surface area contributed by atoms with Crippen LogP contribution in [0, 0.1) is 10.6 Å². The van der Waals surface area contributed by atoms with Crippen LogP contribution >= 0.6 is 12.2 Å². The van der Waals surface area contributed by atoms with E-state index in [1.54, 1.807) is 23.0 Å². The maximum absolute atomic E-state index is 12.9. The Morgan fingerprint density at radius 1 is 1.26 bits per heavy atom. The average Bonchev–Trinajstić information content (AvgIpc) is 3.03. The Kier molecular flexibility index (Phi) is 3.00. The second-order valence-corrected chi connectivity index (χ2v) is 4.41. The largest absolute Gasteiger partial charge is 0.467 e. The lowest BCUT2D eigenvalue weighted by Gasteiger charge is -2.04. The number of hydrogen-bond acceptors (Lipinski definition) is 3. The molecular weight excluding hydrogens is 265 g/mol. The average molecular weight is 275 g/mol. The van der Waals surface area contributed by atoms with Gasteiger partial charge in [0.2, 0.25) is 0 Å². The monoisotopic (exact) mass is 275 g/mol. The molecule has 0 unspecified atom stereocenters. The summed E-state index contributed by atoms with van der Waals surface area (Å²) in [7, 11) is 0. The molecule has 96 valence electrons. The van der Waals surface area contributed by atoms with Crippen LogP contribution in [0.25, 0.3) is 11.4 Å². The number of furan rings is 1. The zero-order chi connectivity index (χ0) is 13.2. The molecule has 0 saturated heterocycles. The lowest BCUT2D eigenvalue weighted by Crippen LogP contribution is -2.01. The fourth-order valence-corrected chi connectivity index (χ4v) is 2.04. The van der Waals surface area contributed by atoms with E-state index in [-0.39, 0.29) is 5.82 Å². The van der Waals surface area contributed by atoms with Gasteiger partial charge in [0.1, 0.15) is 11.6 Å². The number of hydrogen-bond donors (Lipinski definition) is 1. The molecule has 0 bridgehead atoms. The Bertz CT molecular complexity index is 728. The van der Waals surface area contributed by atoms with Crippen LogP contribution in [0.2, 0.25) is 0 Å². The maximum atomic E-state index is 12.9. The normalized spacial score (nSPS) is 10.8. The third-order valence-corrected chi connectivity index (χ3v) is 3.07. The van der Waals surface area contributed by atoms with Crippen LogP contribution in [0.1, 0.15) is 5.76 Å².